The van der Waals surface area contributed by atoms with Gasteiger partial charge in [0, 0.05) is 17.1 Å². The summed E-state index contributed by atoms with van der Waals surface area (Å²) in [5.74, 6) is -0.157. The monoisotopic (exact) mass is 390 g/mol. The zero-order valence-electron chi connectivity index (χ0n) is 12.2. The Balaban J connectivity index is 2.16. The smallest absolute Gasteiger partial charge is 0.338 e. The Labute approximate surface area is 138 Å². The minimum Gasteiger partial charge on any atom is -0.462 e. The number of benzene rings is 1. The molecule has 1 atom stereocenters. The van der Waals surface area contributed by atoms with Crippen molar-refractivity contribution < 1.29 is 17.9 Å². The molecule has 1 aliphatic rings. The van der Waals surface area contributed by atoms with Crippen molar-refractivity contribution in [3.8, 4) is 0 Å². The number of sulfonamides is 1. The molecule has 0 heterocycles. The highest BCUT2D eigenvalue weighted by Gasteiger charge is 2.29. The van der Waals surface area contributed by atoms with E-state index >= 15 is 0 Å². The molecule has 1 aliphatic carbocycles. The second-order valence-corrected chi connectivity index (χ2v) is 7.93. The molecule has 0 radical (unpaired) electrons. The van der Waals surface area contributed by atoms with E-state index in [1.54, 1.807) is 6.92 Å². The van der Waals surface area contributed by atoms with E-state index in [0.29, 0.717) is 10.4 Å². The van der Waals surface area contributed by atoms with Crippen LogP contribution in [0.25, 0.3) is 0 Å². The number of carbonyl (C=O) groups excluding carboxylic acids is 1. The Morgan fingerprint density at radius 1 is 1.45 bits per heavy atom. The van der Waals surface area contributed by atoms with Crippen molar-refractivity contribution in [1.82, 2.24) is 4.72 Å². The number of halogens is 1. The van der Waals surface area contributed by atoms with E-state index in [2.05, 4.69) is 20.7 Å². The fourth-order valence-corrected chi connectivity index (χ4v) is 3.82. The highest BCUT2D eigenvalue weighted by Crippen LogP contribution is 2.31. The van der Waals surface area contributed by atoms with Crippen molar-refractivity contribution in [3.05, 3.63) is 28.2 Å². The molecule has 1 saturated carbocycles. The molecule has 122 valence electrons. The van der Waals surface area contributed by atoms with E-state index in [4.69, 9.17) is 10.5 Å². The van der Waals surface area contributed by atoms with Crippen molar-refractivity contribution in [1.29, 1.82) is 0 Å². The summed E-state index contributed by atoms with van der Waals surface area (Å²) < 4.78 is 32.5. The van der Waals surface area contributed by atoms with Crippen LogP contribution >= 0.6 is 15.9 Å². The molecule has 0 aromatic heterocycles. The minimum atomic E-state index is -3.72. The van der Waals surface area contributed by atoms with Crippen LogP contribution in [-0.2, 0) is 14.8 Å². The SMILES string of the molecule is CCOC(=O)c1cc(Br)cc(S(=O)(=O)NCC(N)C2CC2)c1. The average molecular weight is 391 g/mol. The number of ether oxygens (including phenoxy) is 1. The third kappa shape index (κ3) is 4.52. The maximum atomic E-state index is 12.3. The Morgan fingerprint density at radius 3 is 2.73 bits per heavy atom. The third-order valence-corrected chi connectivity index (χ3v) is 5.29. The molecule has 1 aromatic carbocycles. The number of nitrogens with one attached hydrogen (secondary N) is 1. The first-order chi connectivity index (χ1) is 10.3. The van der Waals surface area contributed by atoms with Gasteiger partial charge in [0.25, 0.3) is 0 Å². The predicted molar refractivity (Wildman–Crippen MR) is 86.0 cm³/mol. The fourth-order valence-electron chi connectivity index (χ4n) is 2.03. The van der Waals surface area contributed by atoms with Crippen molar-refractivity contribution in [2.45, 2.75) is 30.7 Å². The number of rotatable bonds is 7. The van der Waals surface area contributed by atoms with E-state index < -0.39 is 16.0 Å². The van der Waals surface area contributed by atoms with Crippen LogP contribution in [0.4, 0.5) is 0 Å². The summed E-state index contributed by atoms with van der Waals surface area (Å²) in [6, 6.07) is 4.08. The average Bonchev–Trinajstić information content (AvgIpc) is 3.29. The van der Waals surface area contributed by atoms with Gasteiger partial charge < -0.3 is 10.5 Å². The topological polar surface area (TPSA) is 98.5 Å². The van der Waals surface area contributed by atoms with Crippen LogP contribution in [0.15, 0.2) is 27.6 Å². The zero-order valence-corrected chi connectivity index (χ0v) is 14.6. The molecule has 0 aliphatic heterocycles. The standard InChI is InChI=1S/C14H19BrN2O4S/c1-2-21-14(18)10-5-11(15)7-12(6-10)22(19,20)17-8-13(16)9-3-4-9/h5-7,9,13,17H,2-4,8,16H2,1H3. The van der Waals surface area contributed by atoms with Gasteiger partial charge in [0.2, 0.25) is 10.0 Å². The quantitative estimate of drug-likeness (QED) is 0.689. The summed E-state index contributed by atoms with van der Waals surface area (Å²) in [6.07, 6.45) is 2.10. The first-order valence-corrected chi connectivity index (χ1v) is 9.34. The molecule has 0 bridgehead atoms. The van der Waals surface area contributed by atoms with Crippen LogP contribution in [0, 0.1) is 5.92 Å². The molecule has 1 fully saturated rings. The van der Waals surface area contributed by atoms with Gasteiger partial charge >= 0.3 is 5.97 Å². The lowest BCUT2D eigenvalue weighted by Gasteiger charge is -2.13. The second-order valence-electron chi connectivity index (χ2n) is 5.25. The Bertz CT molecular complexity index is 659. The fraction of sp³-hybridized carbons (Fsp3) is 0.500. The van der Waals surface area contributed by atoms with Crippen LogP contribution in [-0.4, -0.2) is 33.6 Å². The molecule has 8 heteroatoms. The van der Waals surface area contributed by atoms with Crippen molar-refractivity contribution in [2.75, 3.05) is 13.2 Å². The number of hydrogen-bond donors (Lipinski definition) is 2. The molecule has 0 spiro atoms. The van der Waals surface area contributed by atoms with E-state index in [9.17, 15) is 13.2 Å². The van der Waals surface area contributed by atoms with Crippen LogP contribution in [0.1, 0.15) is 30.1 Å². The van der Waals surface area contributed by atoms with E-state index in [-0.39, 0.29) is 29.7 Å². The van der Waals surface area contributed by atoms with Crippen LogP contribution in [0.3, 0.4) is 0 Å². The van der Waals surface area contributed by atoms with E-state index in [1.165, 1.54) is 18.2 Å². The maximum absolute atomic E-state index is 12.3. The van der Waals surface area contributed by atoms with Gasteiger partial charge in [-0.1, -0.05) is 15.9 Å². The lowest BCUT2D eigenvalue weighted by Crippen LogP contribution is -2.38. The van der Waals surface area contributed by atoms with Gasteiger partial charge in [0.15, 0.2) is 0 Å². The van der Waals surface area contributed by atoms with Gasteiger partial charge in [-0.05, 0) is 43.9 Å². The number of hydrogen-bond acceptors (Lipinski definition) is 5. The van der Waals surface area contributed by atoms with Gasteiger partial charge in [0.1, 0.15) is 0 Å². The van der Waals surface area contributed by atoms with Crippen LogP contribution in [0.5, 0.6) is 0 Å². The summed E-state index contributed by atoms with van der Waals surface area (Å²) in [7, 11) is -3.72. The Hall–Kier alpha value is -0.960. The molecular formula is C14H19BrN2O4S. The Kier molecular flexibility index (Phi) is 5.60. The van der Waals surface area contributed by atoms with Crippen molar-refractivity contribution >= 4 is 31.9 Å². The molecular weight excluding hydrogens is 372 g/mol. The highest BCUT2D eigenvalue weighted by atomic mass is 79.9. The highest BCUT2D eigenvalue weighted by molar-refractivity contribution is 9.10. The number of carbonyl (C=O) groups is 1. The molecule has 22 heavy (non-hydrogen) atoms. The van der Waals surface area contributed by atoms with Gasteiger partial charge in [-0.2, -0.15) is 0 Å². The van der Waals surface area contributed by atoms with Gasteiger partial charge in [-0.15, -0.1) is 0 Å². The predicted octanol–water partition coefficient (Wildman–Crippen LogP) is 1.64. The van der Waals surface area contributed by atoms with Crippen LogP contribution in [0.2, 0.25) is 0 Å². The molecule has 0 saturated heterocycles. The summed E-state index contributed by atoms with van der Waals surface area (Å²) in [4.78, 5) is 11.8. The molecule has 1 aromatic rings. The lowest BCUT2D eigenvalue weighted by atomic mass is 10.2. The summed E-state index contributed by atoms with van der Waals surface area (Å²) in [5.41, 5.74) is 6.08. The van der Waals surface area contributed by atoms with Gasteiger partial charge in [-0.25, -0.2) is 17.9 Å². The lowest BCUT2D eigenvalue weighted by molar-refractivity contribution is 0.0526. The largest absolute Gasteiger partial charge is 0.462 e. The first-order valence-electron chi connectivity index (χ1n) is 7.06. The van der Waals surface area contributed by atoms with Gasteiger partial charge in [-0.3, -0.25) is 0 Å². The number of esters is 1. The van der Waals surface area contributed by atoms with E-state index in [1.807, 2.05) is 0 Å². The summed E-state index contributed by atoms with van der Waals surface area (Å²) >= 11 is 3.21. The first kappa shape index (κ1) is 17.4. The molecule has 3 N–H and O–H groups in total. The van der Waals surface area contributed by atoms with Crippen LogP contribution < -0.4 is 10.5 Å². The number of nitrogens with two attached hydrogens (primary N) is 1. The Morgan fingerprint density at radius 2 is 2.14 bits per heavy atom. The normalized spacial score (nSPS) is 16.3. The molecule has 2 rings (SSSR count). The van der Waals surface area contributed by atoms with Crippen molar-refractivity contribution in [3.63, 3.8) is 0 Å². The van der Waals surface area contributed by atoms with Gasteiger partial charge in [0.05, 0.1) is 17.1 Å². The second kappa shape index (κ2) is 7.08. The minimum absolute atomic E-state index is 0.00734. The summed E-state index contributed by atoms with van der Waals surface area (Å²) in [6.45, 7) is 2.10. The third-order valence-electron chi connectivity index (χ3n) is 3.43. The maximum Gasteiger partial charge on any atom is 0.338 e. The zero-order chi connectivity index (χ0) is 16.3. The van der Waals surface area contributed by atoms with Crippen molar-refractivity contribution in [2.24, 2.45) is 11.7 Å². The van der Waals surface area contributed by atoms with E-state index in [0.717, 1.165) is 12.8 Å². The molecule has 6 nitrogen and oxygen atoms in total. The molecule has 0 amide bonds. The summed E-state index contributed by atoms with van der Waals surface area (Å²) in [5, 5.41) is 0. The molecule has 1 unspecified atom stereocenters.